The van der Waals surface area contributed by atoms with E-state index in [0.29, 0.717) is 58.5 Å². The molecule has 0 aromatic carbocycles. The van der Waals surface area contributed by atoms with E-state index in [0.717, 1.165) is 89.4 Å². The number of nitrogens with two attached hydrogens (primary N) is 2. The lowest BCUT2D eigenvalue weighted by Crippen LogP contribution is -2.79. The second-order valence-electron chi connectivity index (χ2n) is 18.8. The predicted octanol–water partition coefficient (Wildman–Crippen LogP) is 6.22. The summed E-state index contributed by atoms with van der Waals surface area (Å²) in [6, 6.07) is 0.0496. The summed E-state index contributed by atoms with van der Waals surface area (Å²) in [6.45, 7) is 6.49. The van der Waals surface area contributed by atoms with E-state index in [4.69, 9.17) is 25.7 Å². The van der Waals surface area contributed by atoms with Crippen molar-refractivity contribution in [3.8, 4) is 0 Å². The Bertz CT molecular complexity index is 1380. The summed E-state index contributed by atoms with van der Waals surface area (Å²) in [5.74, 6) is -0.356. The molecular weight excluding hydrogens is 761 g/mol. The van der Waals surface area contributed by atoms with Gasteiger partial charge < -0.3 is 40.8 Å². The van der Waals surface area contributed by atoms with Crippen LogP contribution in [0.15, 0.2) is 12.2 Å². The van der Waals surface area contributed by atoms with Crippen LogP contribution in [0.2, 0.25) is 0 Å². The number of allylic oxidation sites excluding steroid dienone is 1. The molecule has 5 rings (SSSR count). The highest BCUT2D eigenvalue weighted by molar-refractivity contribution is 5.82. The van der Waals surface area contributed by atoms with Crippen molar-refractivity contribution in [3.63, 3.8) is 0 Å². The number of guanidine groups is 1. The molecule has 60 heavy (non-hydrogen) atoms. The molecule has 2 spiro atoms. The van der Waals surface area contributed by atoms with Crippen molar-refractivity contribution in [2.45, 2.75) is 229 Å². The van der Waals surface area contributed by atoms with E-state index in [-0.39, 0.29) is 30.1 Å². The van der Waals surface area contributed by atoms with E-state index in [1.165, 1.54) is 64.2 Å². The van der Waals surface area contributed by atoms with Gasteiger partial charge in [-0.15, -0.1) is 0 Å². The Labute approximate surface area is 362 Å². The molecule has 8 N–H and O–H groups in total. The number of carbonyl (C=O) groups is 2. The van der Waals surface area contributed by atoms with Gasteiger partial charge in [0.05, 0.1) is 31.0 Å². The molecule has 8 atom stereocenters. The van der Waals surface area contributed by atoms with Gasteiger partial charge in [-0.25, -0.2) is 15.2 Å². The first-order chi connectivity index (χ1) is 29.1. The number of nitrogens with one attached hydrogen (secondary N) is 2. The van der Waals surface area contributed by atoms with Gasteiger partial charge in [0.2, 0.25) is 17.4 Å². The topological polar surface area (TPSA) is 185 Å². The molecule has 5 aliphatic rings. The molecule has 5 heterocycles. The van der Waals surface area contributed by atoms with Gasteiger partial charge in [0, 0.05) is 45.2 Å². The fraction of sp³-hybridized carbons (Fsp3) is 0.894. The molecule has 13 heteroatoms. The Morgan fingerprint density at radius 3 is 2.20 bits per heavy atom. The monoisotopic (exact) mass is 846 g/mol. The smallest absolute Gasteiger partial charge is 0.353 e. The summed E-state index contributed by atoms with van der Waals surface area (Å²) in [7, 11) is 0. The fourth-order valence-corrected chi connectivity index (χ4v) is 10.7. The average molecular weight is 846 g/mol. The van der Waals surface area contributed by atoms with E-state index in [1.807, 2.05) is 4.58 Å². The standard InChI is InChI=1S/C47H84N6O7/c1-3-40-24-18-19-28-45(60-40)35-38-26-30-47(57)42(46(29-21-23-37(2)59-46)51-44(50-45)53(38)47)43(56)58-34-20-16-14-12-10-8-6-4-5-7-9-11-13-15-17-25-41(55)52(33-22-31-48)36-39(54)27-32-49/h18,24,37-40,42,54,57H,3-17,19-23,25-36,48-49H2,1-2H3,(H,50,51)/p+1/t37-,38+,39?,40+,42-,45+,46-,47+/m0/s1. The molecule has 0 aromatic rings. The van der Waals surface area contributed by atoms with E-state index >= 15 is 0 Å². The van der Waals surface area contributed by atoms with Crippen molar-refractivity contribution >= 4 is 17.8 Å². The summed E-state index contributed by atoms with van der Waals surface area (Å²) in [5, 5.41) is 30.1. The van der Waals surface area contributed by atoms with Crippen LogP contribution in [0.4, 0.5) is 0 Å². The highest BCUT2D eigenvalue weighted by Gasteiger charge is 2.71. The maximum Gasteiger partial charge on any atom is 0.353 e. The minimum Gasteiger partial charge on any atom is -0.465 e. The zero-order chi connectivity index (χ0) is 42.9. The lowest BCUT2D eigenvalue weighted by Gasteiger charge is -2.52. The number of nitrogens with zero attached hydrogens (tertiary/aromatic N) is 2. The second kappa shape index (κ2) is 24.5. The predicted molar refractivity (Wildman–Crippen MR) is 236 cm³/mol. The van der Waals surface area contributed by atoms with Gasteiger partial charge in [0.25, 0.3) is 0 Å². The number of hydrogen-bond donors (Lipinski definition) is 6. The third-order valence-electron chi connectivity index (χ3n) is 13.9. The molecule has 13 nitrogen and oxygen atoms in total. The number of unbranched alkanes of at least 4 members (excludes halogenated alkanes) is 14. The van der Waals surface area contributed by atoms with Gasteiger partial charge in [-0.2, -0.15) is 0 Å². The average Bonchev–Trinajstić information content (AvgIpc) is 3.42. The molecule has 0 saturated carbocycles. The number of aliphatic hydroxyl groups is 2. The van der Waals surface area contributed by atoms with Crippen molar-refractivity contribution in [3.05, 3.63) is 12.2 Å². The van der Waals surface area contributed by atoms with Gasteiger partial charge in [-0.3, -0.25) is 9.59 Å². The Hall–Kier alpha value is -2.29. The molecule has 0 aromatic heterocycles. The molecule has 1 amide bonds. The van der Waals surface area contributed by atoms with Gasteiger partial charge in [0.15, 0.2) is 11.6 Å². The van der Waals surface area contributed by atoms with Crippen LogP contribution in [0.3, 0.4) is 0 Å². The van der Waals surface area contributed by atoms with Gasteiger partial charge >= 0.3 is 11.9 Å². The minimum absolute atomic E-state index is 0.0411. The third kappa shape index (κ3) is 13.4. The van der Waals surface area contributed by atoms with Crippen LogP contribution in [-0.4, -0.2) is 112 Å². The summed E-state index contributed by atoms with van der Waals surface area (Å²) in [6.07, 6.45) is 30.3. The molecular formula is C47H85N6O7+. The number of esters is 1. The van der Waals surface area contributed by atoms with E-state index in [9.17, 15) is 19.8 Å². The Balaban J connectivity index is 0.929. The van der Waals surface area contributed by atoms with Crippen LogP contribution in [0, 0.1) is 5.92 Å². The first kappa shape index (κ1) is 48.7. The number of aliphatic hydroxyl groups excluding tert-OH is 1. The van der Waals surface area contributed by atoms with Crippen LogP contribution >= 0.6 is 0 Å². The molecule has 1 unspecified atom stereocenters. The van der Waals surface area contributed by atoms with Crippen molar-refractivity contribution in [1.82, 2.24) is 15.5 Å². The number of carbonyl (C=O) groups excluding carboxylic acids is 2. The number of ether oxygens (including phenoxy) is 3. The molecule has 344 valence electrons. The maximum absolute atomic E-state index is 14.1. The van der Waals surface area contributed by atoms with Crippen LogP contribution in [0.25, 0.3) is 0 Å². The van der Waals surface area contributed by atoms with Crippen LogP contribution in [0.5, 0.6) is 0 Å². The number of hydrogen-bond acceptors (Lipinski definition) is 11. The Kier molecular flexibility index (Phi) is 19.9. The van der Waals surface area contributed by atoms with Gasteiger partial charge in [-0.1, -0.05) is 103 Å². The Morgan fingerprint density at radius 1 is 0.900 bits per heavy atom. The second-order valence-corrected chi connectivity index (χ2v) is 18.8. The van der Waals surface area contributed by atoms with E-state index < -0.39 is 29.2 Å². The lowest BCUT2D eigenvalue weighted by atomic mass is 9.78. The zero-order valence-corrected chi connectivity index (χ0v) is 37.7. The molecule has 0 radical (unpaired) electrons. The minimum atomic E-state index is -1.39. The van der Waals surface area contributed by atoms with Crippen molar-refractivity contribution in [2.75, 3.05) is 32.8 Å². The zero-order valence-electron chi connectivity index (χ0n) is 37.7. The first-order valence-corrected chi connectivity index (χ1v) is 24.6. The quantitative estimate of drug-likeness (QED) is 0.0239. The molecule has 0 aliphatic carbocycles. The van der Waals surface area contributed by atoms with Crippen LogP contribution < -0.4 is 22.1 Å². The maximum atomic E-state index is 14.1. The van der Waals surface area contributed by atoms with Gasteiger partial charge in [-0.05, 0) is 77.8 Å². The highest BCUT2D eigenvalue weighted by Crippen LogP contribution is 2.50. The summed E-state index contributed by atoms with van der Waals surface area (Å²) in [5.41, 5.74) is 8.23. The molecule has 2 fully saturated rings. The summed E-state index contributed by atoms with van der Waals surface area (Å²) >= 11 is 0. The number of rotatable bonds is 27. The van der Waals surface area contributed by atoms with Crippen molar-refractivity contribution in [2.24, 2.45) is 17.4 Å². The van der Waals surface area contributed by atoms with E-state index in [1.54, 1.807) is 4.90 Å². The Morgan fingerprint density at radius 2 is 1.57 bits per heavy atom. The normalized spacial score (nSPS) is 30.2. The third-order valence-corrected chi connectivity index (χ3v) is 13.9. The fourth-order valence-electron chi connectivity index (χ4n) is 10.7. The first-order valence-electron chi connectivity index (χ1n) is 24.6. The van der Waals surface area contributed by atoms with Crippen molar-refractivity contribution in [1.29, 1.82) is 0 Å². The van der Waals surface area contributed by atoms with Crippen molar-refractivity contribution < 1.29 is 38.6 Å². The van der Waals surface area contributed by atoms with E-state index in [2.05, 4.69) is 36.6 Å². The van der Waals surface area contributed by atoms with Crippen LogP contribution in [0.1, 0.15) is 187 Å². The lowest BCUT2D eigenvalue weighted by molar-refractivity contribution is -0.690. The summed E-state index contributed by atoms with van der Waals surface area (Å²) < 4.78 is 21.5. The highest BCUT2D eigenvalue weighted by atomic mass is 16.6. The molecule has 0 bridgehead atoms. The van der Waals surface area contributed by atoms with Gasteiger partial charge in [0.1, 0.15) is 0 Å². The summed E-state index contributed by atoms with van der Waals surface area (Å²) in [4.78, 5) is 28.6. The number of amides is 1. The van der Waals surface area contributed by atoms with Crippen LogP contribution in [-0.2, 0) is 23.8 Å². The molecule has 2 saturated heterocycles. The largest absolute Gasteiger partial charge is 0.465 e. The SMILES string of the molecule is CC[C@@H]1C=CCC[C@]2(C[C@H]3CC[C@@]4(O)[C@@H](C(=O)OCCCCCCCCCCCCCCCCCC(=O)N(CCCN)CC(O)CCN)[C@@]5(CCC[C@H](C)O5)NC(=[N+]34)N2)O1. The molecule has 5 aliphatic heterocycles.